The normalized spacial score (nSPS) is 25.0. The van der Waals surface area contributed by atoms with Gasteiger partial charge in [-0.25, -0.2) is 4.39 Å². The van der Waals surface area contributed by atoms with E-state index in [1.54, 1.807) is 0 Å². The molecule has 0 saturated heterocycles. The predicted molar refractivity (Wildman–Crippen MR) is 102 cm³/mol. The summed E-state index contributed by atoms with van der Waals surface area (Å²) in [7, 11) is 0. The Morgan fingerprint density at radius 3 is 2.64 bits per heavy atom. The molecule has 154 valence electrons. The minimum absolute atomic E-state index is 0.0733. The van der Waals surface area contributed by atoms with Crippen LogP contribution in [0.25, 0.3) is 0 Å². The second-order valence-corrected chi connectivity index (χ2v) is 7.80. The first kappa shape index (κ1) is 20.6. The van der Waals surface area contributed by atoms with Crippen LogP contribution in [-0.2, 0) is 9.53 Å². The monoisotopic (exact) mass is 392 g/mol. The quantitative estimate of drug-likeness (QED) is 0.666. The van der Waals surface area contributed by atoms with Crippen molar-refractivity contribution in [2.45, 2.75) is 70.1 Å². The Morgan fingerprint density at radius 2 is 2.00 bits per heavy atom. The largest absolute Gasteiger partial charge is 0.508 e. The number of rotatable bonds is 7. The standard InChI is InChI=1S/C21H29FN2O4/c1-2-10-28-19-11-13(20(26)23-14-4-3-5-14)6-9-18(19)24-21(27)16-8-7-15(25)12-17(16)22/h7-8,12-14,18-19,25H,2-6,9-11H2,1H3,(H,23,26)(H,24,27)/t13-,18-,19-/m0/s1. The molecule has 6 nitrogen and oxygen atoms in total. The molecule has 2 saturated carbocycles. The average molecular weight is 392 g/mol. The fourth-order valence-corrected chi connectivity index (χ4v) is 3.79. The molecule has 3 rings (SSSR count). The number of carbonyl (C=O) groups excluding carboxylic acids is 2. The third-order valence-corrected chi connectivity index (χ3v) is 5.66. The van der Waals surface area contributed by atoms with E-state index in [0.717, 1.165) is 25.3 Å². The van der Waals surface area contributed by atoms with Crippen molar-refractivity contribution in [3.8, 4) is 5.75 Å². The van der Waals surface area contributed by atoms with Crippen LogP contribution in [0.1, 0.15) is 62.2 Å². The SMILES string of the molecule is CCCO[C@H]1C[C@@H](C(=O)NC2CCC2)CC[C@@H]1NC(=O)c1ccc(O)cc1F. The topological polar surface area (TPSA) is 87.7 Å². The summed E-state index contributed by atoms with van der Waals surface area (Å²) in [6, 6.07) is 3.49. The highest BCUT2D eigenvalue weighted by Crippen LogP contribution is 2.29. The summed E-state index contributed by atoms with van der Waals surface area (Å²) in [5.74, 6) is -1.58. The van der Waals surface area contributed by atoms with Crippen LogP contribution in [0, 0.1) is 11.7 Å². The van der Waals surface area contributed by atoms with E-state index in [1.807, 2.05) is 6.92 Å². The van der Waals surface area contributed by atoms with E-state index in [1.165, 1.54) is 18.6 Å². The lowest BCUT2D eigenvalue weighted by Crippen LogP contribution is -2.51. The van der Waals surface area contributed by atoms with Gasteiger partial charge in [-0.15, -0.1) is 0 Å². The number of benzene rings is 1. The first-order valence-electron chi connectivity index (χ1n) is 10.2. The summed E-state index contributed by atoms with van der Waals surface area (Å²) >= 11 is 0. The van der Waals surface area contributed by atoms with Gasteiger partial charge in [-0.3, -0.25) is 9.59 Å². The average Bonchev–Trinajstić information content (AvgIpc) is 2.63. The van der Waals surface area contributed by atoms with Crippen molar-refractivity contribution >= 4 is 11.8 Å². The van der Waals surface area contributed by atoms with Gasteiger partial charge in [0.15, 0.2) is 0 Å². The van der Waals surface area contributed by atoms with Crippen LogP contribution >= 0.6 is 0 Å². The third kappa shape index (κ3) is 5.01. The third-order valence-electron chi connectivity index (χ3n) is 5.66. The van der Waals surface area contributed by atoms with Crippen LogP contribution in [0.4, 0.5) is 4.39 Å². The lowest BCUT2D eigenvalue weighted by Gasteiger charge is -2.37. The molecule has 0 unspecified atom stereocenters. The van der Waals surface area contributed by atoms with Gasteiger partial charge in [0.1, 0.15) is 11.6 Å². The molecule has 0 spiro atoms. The zero-order valence-electron chi connectivity index (χ0n) is 16.2. The van der Waals surface area contributed by atoms with E-state index in [2.05, 4.69) is 10.6 Å². The number of hydrogen-bond acceptors (Lipinski definition) is 4. The van der Waals surface area contributed by atoms with E-state index in [4.69, 9.17) is 4.74 Å². The molecular weight excluding hydrogens is 363 g/mol. The molecule has 0 aliphatic heterocycles. The number of halogens is 1. The van der Waals surface area contributed by atoms with Gasteiger partial charge in [0.2, 0.25) is 5.91 Å². The molecule has 3 N–H and O–H groups in total. The van der Waals surface area contributed by atoms with Gasteiger partial charge in [-0.1, -0.05) is 6.92 Å². The van der Waals surface area contributed by atoms with E-state index in [-0.39, 0.29) is 35.3 Å². The van der Waals surface area contributed by atoms with E-state index >= 15 is 0 Å². The van der Waals surface area contributed by atoms with Crippen LogP contribution in [0.15, 0.2) is 18.2 Å². The molecule has 7 heteroatoms. The van der Waals surface area contributed by atoms with Crippen molar-refractivity contribution in [3.63, 3.8) is 0 Å². The van der Waals surface area contributed by atoms with Crippen LogP contribution in [-0.4, -0.2) is 41.7 Å². The van der Waals surface area contributed by atoms with Crippen LogP contribution in [0.3, 0.4) is 0 Å². The molecule has 0 bridgehead atoms. The maximum atomic E-state index is 14.0. The lowest BCUT2D eigenvalue weighted by atomic mass is 9.82. The number of phenolic OH excluding ortho intramolecular Hbond substituents is 1. The van der Waals surface area contributed by atoms with Crippen LogP contribution in [0.5, 0.6) is 5.75 Å². The number of phenols is 1. The lowest BCUT2D eigenvalue weighted by molar-refractivity contribution is -0.129. The Hall–Kier alpha value is -2.15. The summed E-state index contributed by atoms with van der Waals surface area (Å²) in [6.45, 7) is 2.55. The Labute approximate surface area is 164 Å². The van der Waals surface area contributed by atoms with Crippen molar-refractivity contribution in [1.82, 2.24) is 10.6 Å². The van der Waals surface area contributed by atoms with Gasteiger partial charge in [0, 0.05) is 24.6 Å². The highest BCUT2D eigenvalue weighted by Gasteiger charge is 2.36. The molecule has 3 atom stereocenters. The maximum Gasteiger partial charge on any atom is 0.254 e. The molecule has 2 fully saturated rings. The van der Waals surface area contributed by atoms with Gasteiger partial charge in [0.25, 0.3) is 5.91 Å². The Morgan fingerprint density at radius 1 is 1.21 bits per heavy atom. The van der Waals surface area contributed by atoms with Crippen molar-refractivity contribution in [1.29, 1.82) is 0 Å². The molecule has 2 aliphatic rings. The number of nitrogens with one attached hydrogen (secondary N) is 2. The second-order valence-electron chi connectivity index (χ2n) is 7.80. The molecular formula is C21H29FN2O4. The molecule has 0 heterocycles. The molecule has 28 heavy (non-hydrogen) atoms. The highest BCUT2D eigenvalue weighted by molar-refractivity contribution is 5.94. The highest BCUT2D eigenvalue weighted by atomic mass is 19.1. The minimum Gasteiger partial charge on any atom is -0.508 e. The summed E-state index contributed by atoms with van der Waals surface area (Å²) in [6.07, 6.45) is 5.62. The first-order chi connectivity index (χ1) is 13.5. The summed E-state index contributed by atoms with van der Waals surface area (Å²) < 4.78 is 19.9. The molecule has 1 aromatic carbocycles. The van der Waals surface area contributed by atoms with Gasteiger partial charge in [-0.2, -0.15) is 0 Å². The minimum atomic E-state index is -0.767. The Bertz CT molecular complexity index is 708. The van der Waals surface area contributed by atoms with Gasteiger partial charge >= 0.3 is 0 Å². The number of amides is 2. The smallest absolute Gasteiger partial charge is 0.254 e. The van der Waals surface area contributed by atoms with Crippen molar-refractivity contribution in [2.24, 2.45) is 5.92 Å². The molecule has 2 aliphatic carbocycles. The number of ether oxygens (including phenoxy) is 1. The van der Waals surface area contributed by atoms with Crippen molar-refractivity contribution in [3.05, 3.63) is 29.6 Å². The number of carbonyl (C=O) groups is 2. The summed E-state index contributed by atoms with van der Waals surface area (Å²) in [5.41, 5.74) is -0.114. The van der Waals surface area contributed by atoms with E-state index < -0.39 is 11.7 Å². The van der Waals surface area contributed by atoms with Gasteiger partial charge in [-0.05, 0) is 57.1 Å². The van der Waals surface area contributed by atoms with Crippen molar-refractivity contribution < 1.29 is 23.8 Å². The number of aromatic hydroxyl groups is 1. The maximum absolute atomic E-state index is 14.0. The fraction of sp³-hybridized carbons (Fsp3) is 0.619. The van der Waals surface area contributed by atoms with E-state index in [0.29, 0.717) is 31.9 Å². The summed E-state index contributed by atoms with van der Waals surface area (Å²) in [5, 5.41) is 15.3. The molecule has 0 aromatic heterocycles. The van der Waals surface area contributed by atoms with Crippen LogP contribution < -0.4 is 10.6 Å². The van der Waals surface area contributed by atoms with Gasteiger partial charge in [0.05, 0.1) is 17.7 Å². The Kier molecular flexibility index (Phi) is 6.88. The van der Waals surface area contributed by atoms with Crippen molar-refractivity contribution in [2.75, 3.05) is 6.61 Å². The van der Waals surface area contributed by atoms with Gasteiger partial charge < -0.3 is 20.5 Å². The molecule has 2 amide bonds. The predicted octanol–water partition coefficient (Wildman–Crippen LogP) is 2.89. The number of hydrogen-bond donors (Lipinski definition) is 3. The zero-order valence-corrected chi connectivity index (χ0v) is 16.2. The zero-order chi connectivity index (χ0) is 20.1. The fourth-order valence-electron chi connectivity index (χ4n) is 3.79. The first-order valence-corrected chi connectivity index (χ1v) is 10.2. The van der Waals surface area contributed by atoms with Crippen LogP contribution in [0.2, 0.25) is 0 Å². The van der Waals surface area contributed by atoms with E-state index in [9.17, 15) is 19.1 Å². The second kappa shape index (κ2) is 9.37. The molecule has 0 radical (unpaired) electrons. The Balaban J connectivity index is 1.62. The summed E-state index contributed by atoms with van der Waals surface area (Å²) in [4.78, 5) is 25.0. The molecule has 1 aromatic rings.